The Morgan fingerprint density at radius 3 is 2.58 bits per heavy atom. The van der Waals surface area contributed by atoms with E-state index in [-0.39, 0.29) is 11.5 Å². The highest BCUT2D eigenvalue weighted by molar-refractivity contribution is 5.77. The number of rotatable bonds is 12. The number of carbonyl (C=O) groups excluding carboxylic acids is 1. The van der Waals surface area contributed by atoms with E-state index in [4.69, 9.17) is 0 Å². The van der Waals surface area contributed by atoms with Crippen LogP contribution in [0.3, 0.4) is 0 Å². The van der Waals surface area contributed by atoms with Crippen LogP contribution in [-0.4, -0.2) is 22.0 Å². The number of amides is 1. The maximum atomic E-state index is 12.4. The normalized spacial score (nSPS) is 11.0. The molecule has 0 aliphatic carbocycles. The van der Waals surface area contributed by atoms with E-state index in [0.717, 1.165) is 13.0 Å². The molecule has 0 bridgehead atoms. The molecule has 1 amide bonds. The summed E-state index contributed by atoms with van der Waals surface area (Å²) < 4.78 is 1.59. The van der Waals surface area contributed by atoms with E-state index in [0.29, 0.717) is 30.3 Å². The van der Waals surface area contributed by atoms with Gasteiger partial charge in [-0.05, 0) is 25.0 Å². The van der Waals surface area contributed by atoms with E-state index in [1.165, 1.54) is 38.5 Å². The topological polar surface area (TPSA) is 64.0 Å². The van der Waals surface area contributed by atoms with Crippen LogP contribution < -0.4 is 10.9 Å². The minimum Gasteiger partial charge on any atom is -0.356 e. The average molecular weight is 357 g/mol. The molecule has 0 saturated carbocycles. The fourth-order valence-electron chi connectivity index (χ4n) is 3.07. The van der Waals surface area contributed by atoms with Crippen molar-refractivity contribution in [2.45, 2.75) is 71.3 Å². The summed E-state index contributed by atoms with van der Waals surface area (Å²) >= 11 is 0. The van der Waals surface area contributed by atoms with Crippen LogP contribution in [0.4, 0.5) is 0 Å². The van der Waals surface area contributed by atoms with Crippen molar-refractivity contribution in [3.63, 3.8) is 0 Å². The molecule has 26 heavy (non-hydrogen) atoms. The van der Waals surface area contributed by atoms with Crippen LogP contribution in [-0.2, 0) is 11.3 Å². The number of aryl methyl sites for hydroxylation is 1. The molecular weight excluding hydrogens is 326 g/mol. The van der Waals surface area contributed by atoms with Gasteiger partial charge in [0.25, 0.3) is 5.56 Å². The van der Waals surface area contributed by atoms with Crippen molar-refractivity contribution in [3.05, 3.63) is 40.9 Å². The third kappa shape index (κ3) is 6.62. The van der Waals surface area contributed by atoms with E-state index < -0.39 is 0 Å². The predicted molar refractivity (Wildman–Crippen MR) is 106 cm³/mol. The Morgan fingerprint density at radius 2 is 1.77 bits per heavy atom. The number of hydrogen-bond donors (Lipinski definition) is 1. The Morgan fingerprint density at radius 1 is 1.04 bits per heavy atom. The van der Waals surface area contributed by atoms with E-state index in [1.54, 1.807) is 17.0 Å². The number of nitrogens with one attached hydrogen (secondary N) is 1. The van der Waals surface area contributed by atoms with Gasteiger partial charge in [-0.1, -0.05) is 57.6 Å². The van der Waals surface area contributed by atoms with Gasteiger partial charge in [0.15, 0.2) is 0 Å². The zero-order chi connectivity index (χ0) is 18.6. The van der Waals surface area contributed by atoms with E-state index in [1.807, 2.05) is 18.2 Å². The fraction of sp³-hybridized carbons (Fsp3) is 0.571. The molecule has 0 radical (unpaired) electrons. The van der Waals surface area contributed by atoms with Crippen molar-refractivity contribution in [2.24, 2.45) is 0 Å². The molecule has 0 atom stereocenters. The Labute approximate surface area is 155 Å². The van der Waals surface area contributed by atoms with Gasteiger partial charge in [0.1, 0.15) is 0 Å². The van der Waals surface area contributed by atoms with Crippen LogP contribution in [0.2, 0.25) is 0 Å². The summed E-state index contributed by atoms with van der Waals surface area (Å²) in [7, 11) is 0. The number of benzene rings is 1. The maximum absolute atomic E-state index is 12.4. The number of fused-ring (bicyclic) bond motifs is 1. The number of aromatic nitrogens is 2. The van der Waals surface area contributed by atoms with Crippen molar-refractivity contribution in [3.8, 4) is 0 Å². The molecule has 0 spiro atoms. The van der Waals surface area contributed by atoms with Gasteiger partial charge in [-0.2, -0.15) is 0 Å². The molecule has 142 valence electrons. The number of para-hydroxylation sites is 1. The van der Waals surface area contributed by atoms with Crippen LogP contribution in [0, 0.1) is 0 Å². The standard InChI is InChI=1S/C21H31N3O2/c1-2-3-4-5-6-7-10-15-22-20(25)14-11-16-24-17-23-19-13-9-8-12-18(19)21(24)26/h8-9,12-13,17H,2-7,10-11,14-16H2,1H3,(H,22,25). The third-order valence-electron chi connectivity index (χ3n) is 4.64. The second-order valence-corrected chi connectivity index (χ2v) is 6.84. The first-order valence-corrected chi connectivity index (χ1v) is 9.93. The molecule has 1 aromatic carbocycles. The smallest absolute Gasteiger partial charge is 0.261 e. The predicted octanol–water partition coefficient (Wildman–Crippen LogP) is 4.04. The van der Waals surface area contributed by atoms with Crippen molar-refractivity contribution in [2.75, 3.05) is 6.54 Å². The lowest BCUT2D eigenvalue weighted by Crippen LogP contribution is -2.25. The van der Waals surface area contributed by atoms with E-state index in [9.17, 15) is 9.59 Å². The molecule has 0 fully saturated rings. The molecule has 1 heterocycles. The van der Waals surface area contributed by atoms with Crippen molar-refractivity contribution in [1.29, 1.82) is 0 Å². The fourth-order valence-corrected chi connectivity index (χ4v) is 3.07. The minimum absolute atomic E-state index is 0.0425. The van der Waals surface area contributed by atoms with E-state index in [2.05, 4.69) is 17.2 Å². The summed E-state index contributed by atoms with van der Waals surface area (Å²) in [6, 6.07) is 7.33. The molecular formula is C21H31N3O2. The minimum atomic E-state index is -0.0425. The highest BCUT2D eigenvalue weighted by atomic mass is 16.1. The SMILES string of the molecule is CCCCCCCCCNC(=O)CCCn1cnc2ccccc2c1=O. The molecule has 2 rings (SSSR count). The zero-order valence-corrected chi connectivity index (χ0v) is 15.9. The summed E-state index contributed by atoms with van der Waals surface area (Å²) in [5.41, 5.74) is 0.667. The number of unbranched alkanes of at least 4 members (excludes halogenated alkanes) is 6. The highest BCUT2D eigenvalue weighted by Gasteiger charge is 2.05. The Kier molecular flexibility index (Phi) is 8.87. The highest BCUT2D eigenvalue weighted by Crippen LogP contribution is 2.07. The summed E-state index contributed by atoms with van der Waals surface area (Å²) in [5.74, 6) is 0.0674. The van der Waals surface area contributed by atoms with Gasteiger partial charge in [-0.25, -0.2) is 4.98 Å². The zero-order valence-electron chi connectivity index (χ0n) is 15.9. The molecule has 0 unspecified atom stereocenters. The third-order valence-corrected chi connectivity index (χ3v) is 4.64. The summed E-state index contributed by atoms with van der Waals surface area (Å²) in [6.07, 6.45) is 11.4. The number of carbonyl (C=O) groups is 1. The summed E-state index contributed by atoms with van der Waals surface area (Å²) in [4.78, 5) is 28.6. The molecule has 0 aliphatic heterocycles. The lowest BCUT2D eigenvalue weighted by Gasteiger charge is -2.07. The molecule has 1 aromatic heterocycles. The quantitative estimate of drug-likeness (QED) is 0.583. The van der Waals surface area contributed by atoms with Crippen LogP contribution in [0.25, 0.3) is 10.9 Å². The average Bonchev–Trinajstić information content (AvgIpc) is 2.66. The maximum Gasteiger partial charge on any atom is 0.261 e. The van der Waals surface area contributed by atoms with Crippen LogP contribution in [0.15, 0.2) is 35.4 Å². The van der Waals surface area contributed by atoms with Crippen molar-refractivity contribution >= 4 is 16.8 Å². The number of nitrogens with zero attached hydrogens (tertiary/aromatic N) is 2. The van der Waals surface area contributed by atoms with Gasteiger partial charge in [0, 0.05) is 19.5 Å². The Bertz CT molecular complexity index is 739. The molecule has 5 nitrogen and oxygen atoms in total. The van der Waals surface area contributed by atoms with Gasteiger partial charge in [-0.3, -0.25) is 14.2 Å². The molecule has 1 N–H and O–H groups in total. The van der Waals surface area contributed by atoms with Crippen molar-refractivity contribution < 1.29 is 4.79 Å². The summed E-state index contributed by atoms with van der Waals surface area (Å²) in [6.45, 7) is 3.49. The first kappa shape index (κ1) is 20.1. The van der Waals surface area contributed by atoms with Crippen LogP contribution in [0.1, 0.15) is 64.7 Å². The molecule has 2 aromatic rings. The van der Waals surface area contributed by atoms with Gasteiger partial charge in [-0.15, -0.1) is 0 Å². The molecule has 0 saturated heterocycles. The first-order valence-electron chi connectivity index (χ1n) is 9.93. The van der Waals surface area contributed by atoms with Gasteiger partial charge in [0.05, 0.1) is 17.2 Å². The lowest BCUT2D eigenvalue weighted by molar-refractivity contribution is -0.121. The van der Waals surface area contributed by atoms with Gasteiger partial charge >= 0.3 is 0 Å². The monoisotopic (exact) mass is 357 g/mol. The second kappa shape index (κ2) is 11.4. The van der Waals surface area contributed by atoms with Crippen LogP contribution >= 0.6 is 0 Å². The Balaban J connectivity index is 1.61. The second-order valence-electron chi connectivity index (χ2n) is 6.84. The van der Waals surface area contributed by atoms with Crippen molar-refractivity contribution in [1.82, 2.24) is 14.9 Å². The first-order chi connectivity index (χ1) is 12.7. The molecule has 0 aliphatic rings. The number of hydrogen-bond acceptors (Lipinski definition) is 3. The molecule has 5 heteroatoms. The lowest BCUT2D eigenvalue weighted by atomic mass is 10.1. The van der Waals surface area contributed by atoms with E-state index >= 15 is 0 Å². The Hall–Kier alpha value is -2.17. The van der Waals surface area contributed by atoms with Crippen LogP contribution in [0.5, 0.6) is 0 Å². The largest absolute Gasteiger partial charge is 0.356 e. The van der Waals surface area contributed by atoms with Gasteiger partial charge in [0.2, 0.25) is 5.91 Å². The summed E-state index contributed by atoms with van der Waals surface area (Å²) in [5, 5.41) is 3.60. The van der Waals surface area contributed by atoms with Gasteiger partial charge < -0.3 is 5.32 Å².